The van der Waals surface area contributed by atoms with Crippen LogP contribution in [0.2, 0.25) is 0 Å². The van der Waals surface area contributed by atoms with Gasteiger partial charge in [0.05, 0.1) is 18.2 Å². The molecular weight excluding hydrogens is 408 g/mol. The number of phenolic OH excluding ortho intramolecular Hbond substituents is 1. The second-order valence-corrected chi connectivity index (χ2v) is 8.11. The van der Waals surface area contributed by atoms with Gasteiger partial charge in [-0.1, -0.05) is 25.5 Å². The number of aliphatic hydroxyl groups excluding tert-OH is 1. The summed E-state index contributed by atoms with van der Waals surface area (Å²) in [7, 11) is 3.77. The van der Waals surface area contributed by atoms with Gasteiger partial charge in [0.25, 0.3) is 11.7 Å². The van der Waals surface area contributed by atoms with Crippen LogP contribution in [0.4, 0.5) is 0 Å². The van der Waals surface area contributed by atoms with Gasteiger partial charge in [0, 0.05) is 18.7 Å². The zero-order valence-electron chi connectivity index (χ0n) is 18.7. The van der Waals surface area contributed by atoms with E-state index in [0.29, 0.717) is 36.6 Å². The number of ketones is 1. The highest BCUT2D eigenvalue weighted by molar-refractivity contribution is 6.46. The highest BCUT2D eigenvalue weighted by Crippen LogP contribution is 2.39. The first-order valence-corrected chi connectivity index (χ1v) is 10.8. The van der Waals surface area contributed by atoms with E-state index in [9.17, 15) is 19.8 Å². The molecule has 7 nitrogen and oxygen atoms in total. The maximum absolute atomic E-state index is 13.0. The van der Waals surface area contributed by atoms with Crippen LogP contribution < -0.4 is 4.74 Å². The summed E-state index contributed by atoms with van der Waals surface area (Å²) in [5.74, 6) is -0.836. The summed E-state index contributed by atoms with van der Waals surface area (Å²) in [4.78, 5) is 29.2. The molecule has 0 spiro atoms. The molecule has 0 saturated carbocycles. The molecule has 1 aliphatic heterocycles. The van der Waals surface area contributed by atoms with Crippen LogP contribution in [0.3, 0.4) is 0 Å². The molecule has 2 N–H and O–H groups in total. The molecule has 1 amide bonds. The van der Waals surface area contributed by atoms with Crippen molar-refractivity contribution >= 4 is 17.4 Å². The zero-order valence-corrected chi connectivity index (χ0v) is 18.7. The lowest BCUT2D eigenvalue weighted by molar-refractivity contribution is -0.140. The second-order valence-electron chi connectivity index (χ2n) is 8.11. The van der Waals surface area contributed by atoms with Crippen LogP contribution in [0.15, 0.2) is 54.1 Å². The summed E-state index contributed by atoms with van der Waals surface area (Å²) in [6.45, 7) is 3.58. The third-order valence-electron chi connectivity index (χ3n) is 5.43. The number of hydrogen-bond acceptors (Lipinski definition) is 6. The fourth-order valence-electron chi connectivity index (χ4n) is 3.62. The Labute approximate surface area is 188 Å². The number of likely N-dealkylation sites (N-methyl/N-ethyl adjacent to an activating group) is 1. The quantitative estimate of drug-likeness (QED) is 0.269. The summed E-state index contributed by atoms with van der Waals surface area (Å²) in [6, 6.07) is 12.4. The van der Waals surface area contributed by atoms with Gasteiger partial charge in [-0.2, -0.15) is 0 Å². The number of aromatic hydroxyl groups is 1. The Morgan fingerprint density at radius 1 is 1.06 bits per heavy atom. The number of amides is 1. The first-order valence-electron chi connectivity index (χ1n) is 10.8. The number of phenols is 1. The summed E-state index contributed by atoms with van der Waals surface area (Å²) in [5, 5.41) is 20.7. The summed E-state index contributed by atoms with van der Waals surface area (Å²) >= 11 is 0. The standard InChI is InChI=1S/C25H30N2O5/c1-4-5-16-32-20-12-8-18(9-13-20)23(29)21-22(17-6-10-19(28)11-7-17)27(15-14-26(2)3)25(31)24(21)30/h6-13,22,28-29H,4-5,14-16H2,1-3H3/b23-21-. The van der Waals surface area contributed by atoms with Gasteiger partial charge in [0.2, 0.25) is 0 Å². The molecule has 1 aliphatic rings. The molecule has 170 valence electrons. The molecule has 1 heterocycles. The minimum Gasteiger partial charge on any atom is -0.508 e. The fourth-order valence-corrected chi connectivity index (χ4v) is 3.62. The van der Waals surface area contributed by atoms with Gasteiger partial charge < -0.3 is 24.7 Å². The molecule has 3 rings (SSSR count). The van der Waals surface area contributed by atoms with Crippen LogP contribution in [-0.2, 0) is 9.59 Å². The Morgan fingerprint density at radius 3 is 2.31 bits per heavy atom. The van der Waals surface area contributed by atoms with Crippen molar-refractivity contribution in [2.45, 2.75) is 25.8 Å². The van der Waals surface area contributed by atoms with Crippen molar-refractivity contribution < 1.29 is 24.5 Å². The number of unbranched alkanes of at least 4 members (excludes halogenated alkanes) is 1. The normalized spacial score (nSPS) is 17.9. The SMILES string of the molecule is CCCCOc1ccc(/C(O)=C2/C(=O)C(=O)N(CCN(C)C)C2c2ccc(O)cc2)cc1. The molecule has 2 aromatic carbocycles. The third-order valence-corrected chi connectivity index (χ3v) is 5.43. The van der Waals surface area contributed by atoms with E-state index in [-0.39, 0.29) is 17.1 Å². The van der Waals surface area contributed by atoms with Gasteiger partial charge in [-0.25, -0.2) is 0 Å². The molecule has 0 aromatic heterocycles. The van der Waals surface area contributed by atoms with Crippen molar-refractivity contribution in [1.82, 2.24) is 9.80 Å². The average Bonchev–Trinajstić information content (AvgIpc) is 3.03. The summed E-state index contributed by atoms with van der Waals surface area (Å²) < 4.78 is 5.66. The zero-order chi connectivity index (χ0) is 23.3. The lowest BCUT2D eigenvalue weighted by atomic mass is 9.95. The summed E-state index contributed by atoms with van der Waals surface area (Å²) in [6.07, 6.45) is 1.98. The maximum atomic E-state index is 13.0. The first kappa shape index (κ1) is 23.3. The second kappa shape index (κ2) is 10.3. The lowest BCUT2D eigenvalue weighted by Crippen LogP contribution is -2.35. The summed E-state index contributed by atoms with van der Waals surface area (Å²) in [5.41, 5.74) is 1.11. The average molecular weight is 439 g/mol. The minimum atomic E-state index is -0.740. The number of benzene rings is 2. The number of aliphatic hydroxyl groups is 1. The van der Waals surface area contributed by atoms with Gasteiger partial charge in [0.1, 0.15) is 17.3 Å². The number of nitrogens with zero attached hydrogens (tertiary/aromatic N) is 2. The number of hydrogen-bond donors (Lipinski definition) is 2. The third kappa shape index (κ3) is 5.11. The van der Waals surface area contributed by atoms with Crippen LogP contribution >= 0.6 is 0 Å². The van der Waals surface area contributed by atoms with E-state index in [4.69, 9.17) is 4.74 Å². The predicted octanol–water partition coefficient (Wildman–Crippen LogP) is 3.55. The van der Waals surface area contributed by atoms with E-state index in [1.54, 1.807) is 36.4 Å². The van der Waals surface area contributed by atoms with E-state index in [1.165, 1.54) is 17.0 Å². The Balaban J connectivity index is 2.00. The topological polar surface area (TPSA) is 90.3 Å². The van der Waals surface area contributed by atoms with Gasteiger partial charge in [-0.3, -0.25) is 9.59 Å². The number of carbonyl (C=O) groups excluding carboxylic acids is 2. The molecule has 7 heteroatoms. The molecule has 1 unspecified atom stereocenters. The highest BCUT2D eigenvalue weighted by Gasteiger charge is 2.45. The molecule has 0 bridgehead atoms. The fraction of sp³-hybridized carbons (Fsp3) is 0.360. The number of carbonyl (C=O) groups is 2. The van der Waals surface area contributed by atoms with E-state index in [0.717, 1.165) is 12.8 Å². The van der Waals surface area contributed by atoms with Crippen LogP contribution in [0.5, 0.6) is 11.5 Å². The largest absolute Gasteiger partial charge is 0.508 e. The number of rotatable bonds is 9. The molecule has 1 atom stereocenters. The number of likely N-dealkylation sites (tertiary alicyclic amines) is 1. The van der Waals surface area contributed by atoms with Gasteiger partial charge in [-0.15, -0.1) is 0 Å². The maximum Gasteiger partial charge on any atom is 0.295 e. The van der Waals surface area contributed by atoms with Crippen molar-refractivity contribution in [2.75, 3.05) is 33.8 Å². The molecule has 0 radical (unpaired) electrons. The van der Waals surface area contributed by atoms with E-state index in [1.807, 2.05) is 19.0 Å². The van der Waals surface area contributed by atoms with E-state index in [2.05, 4.69) is 6.92 Å². The van der Waals surface area contributed by atoms with Crippen LogP contribution in [0, 0.1) is 0 Å². The Kier molecular flexibility index (Phi) is 7.53. The molecule has 0 aliphatic carbocycles. The van der Waals surface area contributed by atoms with Crippen LogP contribution in [0.1, 0.15) is 36.9 Å². The monoisotopic (exact) mass is 438 g/mol. The molecule has 1 fully saturated rings. The van der Waals surface area contributed by atoms with Crippen molar-refractivity contribution in [3.63, 3.8) is 0 Å². The van der Waals surface area contributed by atoms with Crippen molar-refractivity contribution in [3.05, 3.63) is 65.2 Å². The van der Waals surface area contributed by atoms with Gasteiger partial charge >= 0.3 is 0 Å². The molecule has 32 heavy (non-hydrogen) atoms. The molecular formula is C25H30N2O5. The molecule has 1 saturated heterocycles. The predicted molar refractivity (Wildman–Crippen MR) is 123 cm³/mol. The minimum absolute atomic E-state index is 0.0408. The highest BCUT2D eigenvalue weighted by atomic mass is 16.5. The van der Waals surface area contributed by atoms with E-state index < -0.39 is 17.7 Å². The first-order chi connectivity index (χ1) is 15.3. The smallest absolute Gasteiger partial charge is 0.295 e. The van der Waals surface area contributed by atoms with Crippen molar-refractivity contribution in [1.29, 1.82) is 0 Å². The van der Waals surface area contributed by atoms with Crippen LogP contribution in [-0.4, -0.2) is 65.5 Å². The van der Waals surface area contributed by atoms with Gasteiger partial charge in [0.15, 0.2) is 0 Å². The Morgan fingerprint density at radius 2 is 1.72 bits per heavy atom. The van der Waals surface area contributed by atoms with E-state index >= 15 is 0 Å². The van der Waals surface area contributed by atoms with Gasteiger partial charge in [-0.05, 0) is 62.5 Å². The number of ether oxygens (including phenoxy) is 1. The molecule has 2 aromatic rings. The van der Waals surface area contributed by atoms with Crippen LogP contribution in [0.25, 0.3) is 5.76 Å². The van der Waals surface area contributed by atoms with Crippen molar-refractivity contribution in [3.8, 4) is 11.5 Å². The Bertz CT molecular complexity index is 980. The number of Topliss-reactive ketones (excluding diaryl/α,β-unsaturated/α-hetero) is 1. The Hall–Kier alpha value is -3.32. The lowest BCUT2D eigenvalue weighted by Gasteiger charge is -2.26. The van der Waals surface area contributed by atoms with Crippen molar-refractivity contribution in [2.24, 2.45) is 0 Å².